The van der Waals surface area contributed by atoms with E-state index in [2.05, 4.69) is 4.98 Å². The molecule has 0 aliphatic rings. The number of aromatic hydroxyl groups is 2. The molecular formula is C19H21NO3. The maximum Gasteiger partial charge on any atom is 0.141 e. The average molecular weight is 311 g/mol. The van der Waals surface area contributed by atoms with Crippen molar-refractivity contribution < 1.29 is 14.9 Å². The zero-order chi connectivity index (χ0) is 16.8. The van der Waals surface area contributed by atoms with Crippen LogP contribution >= 0.6 is 0 Å². The first-order valence-corrected chi connectivity index (χ1v) is 7.36. The van der Waals surface area contributed by atoms with Gasteiger partial charge in [0.05, 0.1) is 7.11 Å². The third-order valence-corrected chi connectivity index (χ3v) is 3.39. The van der Waals surface area contributed by atoms with Crippen molar-refractivity contribution in [1.29, 1.82) is 0 Å². The Labute approximate surface area is 136 Å². The number of nitrogens with zero attached hydrogens (tertiary/aromatic N) is 1. The monoisotopic (exact) mass is 311 g/mol. The predicted molar refractivity (Wildman–Crippen MR) is 92.6 cm³/mol. The molecule has 2 aromatic rings. The molecule has 0 fully saturated rings. The zero-order valence-electron chi connectivity index (χ0n) is 13.6. The van der Waals surface area contributed by atoms with Gasteiger partial charge in [0.1, 0.15) is 22.9 Å². The summed E-state index contributed by atoms with van der Waals surface area (Å²) in [4.78, 5) is 4.09. The molecule has 0 saturated carbocycles. The number of hydrogen-bond donors (Lipinski definition) is 2. The van der Waals surface area contributed by atoms with E-state index in [0.29, 0.717) is 17.9 Å². The van der Waals surface area contributed by atoms with Crippen LogP contribution in [0.3, 0.4) is 0 Å². The van der Waals surface area contributed by atoms with Gasteiger partial charge in [0.15, 0.2) is 0 Å². The van der Waals surface area contributed by atoms with Gasteiger partial charge >= 0.3 is 0 Å². The Bertz CT molecular complexity index is 744. The van der Waals surface area contributed by atoms with Gasteiger partial charge in [-0.1, -0.05) is 17.7 Å². The molecule has 120 valence electrons. The molecule has 0 aliphatic carbocycles. The number of phenols is 1. The average Bonchev–Trinajstić information content (AvgIpc) is 2.52. The fraction of sp³-hybridized carbons (Fsp3) is 0.211. The fourth-order valence-electron chi connectivity index (χ4n) is 2.15. The number of methoxy groups -OCH3 is 1. The standard InChI is InChI=1S/C19H21NO3/c1-13(2)6-8-15-18(22)11-14(12-19(15)23-3)7-9-16-17(21)5-4-10-20-16/h4-7,9-12,21-22H,8H2,1-3H3/b9-7+. The first kappa shape index (κ1) is 16.6. The highest BCUT2D eigenvalue weighted by Gasteiger charge is 2.09. The molecule has 0 saturated heterocycles. The highest BCUT2D eigenvalue weighted by Crippen LogP contribution is 2.31. The number of ether oxygens (including phenoxy) is 1. The molecule has 2 N–H and O–H groups in total. The molecular weight excluding hydrogens is 290 g/mol. The third-order valence-electron chi connectivity index (χ3n) is 3.39. The molecule has 0 aliphatic heterocycles. The van der Waals surface area contributed by atoms with Crippen LogP contribution in [0.1, 0.15) is 30.7 Å². The van der Waals surface area contributed by atoms with Crippen LogP contribution in [0.15, 0.2) is 42.1 Å². The molecule has 1 heterocycles. The molecule has 0 unspecified atom stereocenters. The van der Waals surface area contributed by atoms with E-state index >= 15 is 0 Å². The molecule has 1 aromatic heterocycles. The lowest BCUT2D eigenvalue weighted by atomic mass is 10.0. The minimum Gasteiger partial charge on any atom is -0.507 e. The second kappa shape index (κ2) is 7.49. The van der Waals surface area contributed by atoms with Gasteiger partial charge in [0, 0.05) is 11.8 Å². The van der Waals surface area contributed by atoms with Gasteiger partial charge in [-0.3, -0.25) is 4.98 Å². The molecule has 23 heavy (non-hydrogen) atoms. The van der Waals surface area contributed by atoms with E-state index in [-0.39, 0.29) is 11.5 Å². The number of pyridine rings is 1. The lowest BCUT2D eigenvalue weighted by Crippen LogP contribution is -1.93. The first-order chi connectivity index (χ1) is 11.0. The molecule has 4 nitrogen and oxygen atoms in total. The van der Waals surface area contributed by atoms with Crippen LogP contribution in [-0.4, -0.2) is 22.3 Å². The van der Waals surface area contributed by atoms with Crippen LogP contribution in [0.25, 0.3) is 12.2 Å². The molecule has 0 spiro atoms. The number of hydrogen-bond acceptors (Lipinski definition) is 4. The second-order valence-corrected chi connectivity index (χ2v) is 5.45. The predicted octanol–water partition coefficient (Wildman–Crippen LogP) is 4.18. The summed E-state index contributed by atoms with van der Waals surface area (Å²) in [5.41, 5.74) is 3.18. The van der Waals surface area contributed by atoms with E-state index in [1.54, 1.807) is 43.7 Å². The summed E-state index contributed by atoms with van der Waals surface area (Å²) in [7, 11) is 1.58. The summed E-state index contributed by atoms with van der Waals surface area (Å²) >= 11 is 0. The molecule has 1 aromatic carbocycles. The molecule has 0 amide bonds. The second-order valence-electron chi connectivity index (χ2n) is 5.45. The summed E-state index contributed by atoms with van der Waals surface area (Å²) in [5, 5.41) is 20.0. The third kappa shape index (κ3) is 4.36. The van der Waals surface area contributed by atoms with Crippen molar-refractivity contribution in [3.8, 4) is 17.2 Å². The highest BCUT2D eigenvalue weighted by atomic mass is 16.5. The SMILES string of the molecule is COc1cc(/C=C/c2ncccc2O)cc(O)c1CC=C(C)C. The van der Waals surface area contributed by atoms with Crippen molar-refractivity contribution in [2.24, 2.45) is 0 Å². The lowest BCUT2D eigenvalue weighted by Gasteiger charge is -2.10. The maximum absolute atomic E-state index is 10.3. The molecule has 0 radical (unpaired) electrons. The van der Waals surface area contributed by atoms with Gasteiger partial charge in [-0.2, -0.15) is 0 Å². The Kier molecular flexibility index (Phi) is 5.41. The minimum absolute atomic E-state index is 0.111. The van der Waals surface area contributed by atoms with Gasteiger partial charge in [0.2, 0.25) is 0 Å². The lowest BCUT2D eigenvalue weighted by molar-refractivity contribution is 0.401. The zero-order valence-corrected chi connectivity index (χ0v) is 13.6. The minimum atomic E-state index is 0.111. The van der Waals surface area contributed by atoms with Crippen LogP contribution in [0.2, 0.25) is 0 Å². The summed E-state index contributed by atoms with van der Waals surface area (Å²) in [6.45, 7) is 4.03. The van der Waals surface area contributed by atoms with Gasteiger partial charge in [-0.15, -0.1) is 0 Å². The van der Waals surface area contributed by atoms with Crippen molar-refractivity contribution in [3.05, 3.63) is 58.9 Å². The fourth-order valence-corrected chi connectivity index (χ4v) is 2.15. The van der Waals surface area contributed by atoms with E-state index in [4.69, 9.17) is 4.74 Å². The van der Waals surface area contributed by atoms with Crippen LogP contribution in [0.4, 0.5) is 0 Å². The van der Waals surface area contributed by atoms with Crippen molar-refractivity contribution in [3.63, 3.8) is 0 Å². The van der Waals surface area contributed by atoms with E-state index in [9.17, 15) is 10.2 Å². The molecule has 4 heteroatoms. The normalized spacial score (nSPS) is 10.7. The van der Waals surface area contributed by atoms with Crippen LogP contribution in [0, 0.1) is 0 Å². The van der Waals surface area contributed by atoms with Gasteiger partial charge < -0.3 is 14.9 Å². The summed E-state index contributed by atoms with van der Waals surface area (Å²) < 4.78 is 5.39. The van der Waals surface area contributed by atoms with E-state index in [1.807, 2.05) is 26.0 Å². The highest BCUT2D eigenvalue weighted by molar-refractivity contribution is 5.72. The first-order valence-electron chi connectivity index (χ1n) is 7.36. The van der Waals surface area contributed by atoms with Crippen LogP contribution in [-0.2, 0) is 6.42 Å². The number of allylic oxidation sites excluding steroid dienone is 2. The van der Waals surface area contributed by atoms with Gasteiger partial charge in [0.25, 0.3) is 0 Å². The smallest absolute Gasteiger partial charge is 0.141 e. The summed E-state index contributed by atoms with van der Waals surface area (Å²) in [5.74, 6) is 0.930. The Morgan fingerprint density at radius 1 is 1.17 bits per heavy atom. The Morgan fingerprint density at radius 2 is 1.96 bits per heavy atom. The number of rotatable bonds is 5. The topological polar surface area (TPSA) is 62.6 Å². The Morgan fingerprint density at radius 3 is 2.61 bits per heavy atom. The van der Waals surface area contributed by atoms with Crippen LogP contribution < -0.4 is 4.74 Å². The molecule has 2 rings (SSSR count). The maximum atomic E-state index is 10.3. The summed E-state index contributed by atoms with van der Waals surface area (Å²) in [6, 6.07) is 6.77. The Hall–Kier alpha value is -2.75. The van der Waals surface area contributed by atoms with E-state index in [0.717, 1.165) is 11.1 Å². The quantitative estimate of drug-likeness (QED) is 0.813. The van der Waals surface area contributed by atoms with E-state index in [1.165, 1.54) is 5.57 Å². The van der Waals surface area contributed by atoms with Crippen molar-refractivity contribution >= 4 is 12.2 Å². The number of benzene rings is 1. The largest absolute Gasteiger partial charge is 0.507 e. The van der Waals surface area contributed by atoms with Crippen molar-refractivity contribution in [2.45, 2.75) is 20.3 Å². The van der Waals surface area contributed by atoms with Gasteiger partial charge in [-0.05, 0) is 56.2 Å². The van der Waals surface area contributed by atoms with Crippen LogP contribution in [0.5, 0.6) is 17.2 Å². The number of aromatic nitrogens is 1. The summed E-state index contributed by atoms with van der Waals surface area (Å²) in [6.07, 6.45) is 7.73. The van der Waals surface area contributed by atoms with Crippen molar-refractivity contribution in [1.82, 2.24) is 4.98 Å². The number of phenolic OH excluding ortho intramolecular Hbond substituents is 1. The van der Waals surface area contributed by atoms with Crippen molar-refractivity contribution in [2.75, 3.05) is 7.11 Å². The van der Waals surface area contributed by atoms with E-state index < -0.39 is 0 Å². The Balaban J connectivity index is 2.33. The molecule has 0 atom stereocenters. The van der Waals surface area contributed by atoms with Gasteiger partial charge in [-0.25, -0.2) is 0 Å². The molecule has 0 bridgehead atoms.